The van der Waals surface area contributed by atoms with Crippen molar-refractivity contribution in [3.05, 3.63) is 70.9 Å². The molecule has 4 nitrogen and oxygen atoms in total. The van der Waals surface area contributed by atoms with Gasteiger partial charge in [-0.25, -0.2) is 4.98 Å². The van der Waals surface area contributed by atoms with Gasteiger partial charge in [0.2, 0.25) is 5.89 Å². The molecule has 0 aliphatic rings. The molecule has 0 atom stereocenters. The second kappa shape index (κ2) is 7.14. The van der Waals surface area contributed by atoms with E-state index >= 15 is 0 Å². The monoisotopic (exact) mass is 363 g/mol. The van der Waals surface area contributed by atoms with Crippen LogP contribution in [-0.4, -0.2) is 17.9 Å². The van der Waals surface area contributed by atoms with Gasteiger partial charge in [-0.15, -0.1) is 11.3 Å². The largest absolute Gasteiger partial charge is 0.492 e. The molecule has 0 aliphatic heterocycles. The van der Waals surface area contributed by atoms with Gasteiger partial charge in [0.25, 0.3) is 0 Å². The normalized spacial score (nSPS) is 11.0. The molecule has 4 rings (SSSR count). The lowest BCUT2D eigenvalue weighted by Gasteiger charge is -2.07. The van der Waals surface area contributed by atoms with E-state index in [1.807, 2.05) is 48.7 Å². The van der Waals surface area contributed by atoms with E-state index in [0.717, 1.165) is 33.4 Å². The number of hydrogen-bond donors (Lipinski definition) is 0. The van der Waals surface area contributed by atoms with E-state index in [0.29, 0.717) is 24.5 Å². The summed E-state index contributed by atoms with van der Waals surface area (Å²) in [7, 11) is 0. The number of aldehydes is 1. The van der Waals surface area contributed by atoms with Crippen molar-refractivity contribution in [2.24, 2.45) is 0 Å². The lowest BCUT2D eigenvalue weighted by molar-refractivity contribution is 0.112. The highest BCUT2D eigenvalue weighted by molar-refractivity contribution is 7.17. The van der Waals surface area contributed by atoms with Gasteiger partial charge in [0.1, 0.15) is 12.0 Å². The first-order chi connectivity index (χ1) is 12.7. The number of aryl methyl sites for hydroxylation is 1. The molecule has 5 heteroatoms. The summed E-state index contributed by atoms with van der Waals surface area (Å²) in [6.45, 7) is 2.54. The summed E-state index contributed by atoms with van der Waals surface area (Å²) in [6.07, 6.45) is 3.20. The number of carbonyl (C=O) groups is 1. The number of fused-ring (bicyclic) bond motifs is 1. The number of benzene rings is 2. The molecule has 0 aliphatic carbocycles. The van der Waals surface area contributed by atoms with Crippen LogP contribution >= 0.6 is 11.3 Å². The number of aromatic nitrogens is 1. The highest BCUT2D eigenvalue weighted by Crippen LogP contribution is 2.32. The maximum Gasteiger partial charge on any atom is 0.226 e. The number of ether oxygens (including phenoxy) is 1. The summed E-state index contributed by atoms with van der Waals surface area (Å²) in [5.41, 5.74) is 3.69. The lowest BCUT2D eigenvalue weighted by atomic mass is 10.1. The van der Waals surface area contributed by atoms with Gasteiger partial charge in [-0.1, -0.05) is 17.7 Å². The minimum Gasteiger partial charge on any atom is -0.492 e. The quantitative estimate of drug-likeness (QED) is 0.436. The van der Waals surface area contributed by atoms with Crippen LogP contribution in [0.4, 0.5) is 0 Å². The summed E-state index contributed by atoms with van der Waals surface area (Å²) >= 11 is 1.57. The van der Waals surface area contributed by atoms with Crippen molar-refractivity contribution in [1.29, 1.82) is 0 Å². The first-order valence-electron chi connectivity index (χ1n) is 8.34. The molecule has 26 heavy (non-hydrogen) atoms. The van der Waals surface area contributed by atoms with Gasteiger partial charge in [-0.2, -0.15) is 0 Å². The van der Waals surface area contributed by atoms with Crippen molar-refractivity contribution in [3.8, 4) is 17.2 Å². The van der Waals surface area contributed by atoms with Crippen molar-refractivity contribution in [3.63, 3.8) is 0 Å². The topological polar surface area (TPSA) is 52.3 Å². The van der Waals surface area contributed by atoms with Crippen LogP contribution in [0.2, 0.25) is 0 Å². The number of thiophene rings is 1. The second-order valence-electron chi connectivity index (χ2n) is 6.05. The Labute approximate surface area is 155 Å². The molecule has 4 aromatic rings. The van der Waals surface area contributed by atoms with E-state index in [9.17, 15) is 4.79 Å². The predicted octanol–water partition coefficient (Wildman–Crippen LogP) is 5.30. The Morgan fingerprint density at radius 1 is 1.23 bits per heavy atom. The van der Waals surface area contributed by atoms with Crippen LogP contribution in [0.1, 0.15) is 21.6 Å². The van der Waals surface area contributed by atoms with Gasteiger partial charge in [-0.3, -0.25) is 4.79 Å². The molecule has 0 bridgehead atoms. The first-order valence-corrected chi connectivity index (χ1v) is 9.22. The minimum absolute atomic E-state index is 0.493. The van der Waals surface area contributed by atoms with Crippen molar-refractivity contribution in [1.82, 2.24) is 4.98 Å². The lowest BCUT2D eigenvalue weighted by Crippen LogP contribution is -2.02. The fourth-order valence-corrected chi connectivity index (χ4v) is 3.77. The van der Waals surface area contributed by atoms with Gasteiger partial charge < -0.3 is 9.15 Å². The van der Waals surface area contributed by atoms with Crippen LogP contribution in [0.3, 0.4) is 0 Å². The smallest absolute Gasteiger partial charge is 0.226 e. The molecule has 0 amide bonds. The van der Waals surface area contributed by atoms with Crippen molar-refractivity contribution >= 4 is 27.7 Å². The zero-order valence-electron chi connectivity index (χ0n) is 14.3. The average molecular weight is 363 g/mol. The molecule has 0 fully saturated rings. The van der Waals surface area contributed by atoms with Crippen LogP contribution in [0.15, 0.2) is 58.5 Å². The molecule has 0 unspecified atom stereocenters. The third kappa shape index (κ3) is 3.26. The molecule has 0 radical (unpaired) electrons. The Kier molecular flexibility index (Phi) is 4.54. The van der Waals surface area contributed by atoms with Crippen LogP contribution in [0, 0.1) is 6.92 Å². The fourth-order valence-electron chi connectivity index (χ4n) is 2.87. The highest BCUT2D eigenvalue weighted by atomic mass is 32.1. The predicted molar refractivity (Wildman–Crippen MR) is 103 cm³/mol. The van der Waals surface area contributed by atoms with Gasteiger partial charge in [-0.05, 0) is 42.6 Å². The number of carbonyl (C=O) groups excluding carboxylic acids is 1. The summed E-state index contributed by atoms with van der Waals surface area (Å²) in [5.74, 6) is 1.42. The number of hydrogen-bond acceptors (Lipinski definition) is 5. The Hall–Kier alpha value is -2.92. The molecule has 0 N–H and O–H groups in total. The summed E-state index contributed by atoms with van der Waals surface area (Å²) in [6, 6.07) is 13.7. The van der Waals surface area contributed by atoms with Gasteiger partial charge >= 0.3 is 0 Å². The molecule has 0 saturated carbocycles. The number of oxazole rings is 1. The van der Waals surface area contributed by atoms with E-state index in [1.165, 1.54) is 5.56 Å². The molecular formula is C21H17NO3S. The van der Waals surface area contributed by atoms with Gasteiger partial charge in [0.15, 0.2) is 6.29 Å². The molecule has 2 heterocycles. The molecular weight excluding hydrogens is 346 g/mol. The molecule has 130 valence electrons. The van der Waals surface area contributed by atoms with Gasteiger partial charge in [0.05, 0.1) is 17.0 Å². The zero-order valence-corrected chi connectivity index (χ0v) is 15.1. The van der Waals surface area contributed by atoms with E-state index in [-0.39, 0.29) is 0 Å². The van der Waals surface area contributed by atoms with Gasteiger partial charge in [0, 0.05) is 22.9 Å². The zero-order chi connectivity index (χ0) is 17.9. The SMILES string of the molecule is Cc1cccc(-c2nc(CCOc3ccc(C=O)c4ccsc34)co2)c1. The minimum atomic E-state index is 0.493. The first kappa shape index (κ1) is 16.5. The fraction of sp³-hybridized carbons (Fsp3) is 0.143. The van der Waals surface area contributed by atoms with E-state index in [4.69, 9.17) is 9.15 Å². The number of nitrogens with zero attached hydrogens (tertiary/aromatic N) is 1. The summed E-state index contributed by atoms with van der Waals surface area (Å²) in [4.78, 5) is 15.7. The summed E-state index contributed by atoms with van der Waals surface area (Å²) < 4.78 is 12.5. The Morgan fingerprint density at radius 3 is 3.00 bits per heavy atom. The highest BCUT2D eigenvalue weighted by Gasteiger charge is 2.10. The Balaban J connectivity index is 1.44. The summed E-state index contributed by atoms with van der Waals surface area (Å²) in [5, 5.41) is 2.90. The number of rotatable bonds is 6. The van der Waals surface area contributed by atoms with Crippen molar-refractivity contribution in [2.75, 3.05) is 6.61 Å². The van der Waals surface area contributed by atoms with Crippen molar-refractivity contribution in [2.45, 2.75) is 13.3 Å². The van der Waals surface area contributed by atoms with Crippen LogP contribution in [-0.2, 0) is 6.42 Å². The molecule has 0 saturated heterocycles. The third-order valence-corrected chi connectivity index (χ3v) is 5.10. The third-order valence-electron chi connectivity index (χ3n) is 4.17. The molecule has 2 aromatic heterocycles. The maximum atomic E-state index is 11.1. The van der Waals surface area contributed by atoms with E-state index < -0.39 is 0 Å². The Bertz CT molecular complexity index is 1060. The average Bonchev–Trinajstić information content (AvgIpc) is 3.31. The van der Waals surface area contributed by atoms with Crippen LogP contribution in [0.25, 0.3) is 21.5 Å². The standard InChI is InChI=1S/C21H17NO3S/c1-14-3-2-4-15(11-14)21-22-17(13-25-21)7-9-24-19-6-5-16(12-23)18-8-10-26-20(18)19/h2-6,8,10-13H,7,9H2,1H3. The van der Waals surface area contributed by atoms with Crippen molar-refractivity contribution < 1.29 is 13.9 Å². The van der Waals surface area contributed by atoms with Crippen LogP contribution < -0.4 is 4.74 Å². The van der Waals surface area contributed by atoms with E-state index in [2.05, 4.69) is 4.98 Å². The van der Waals surface area contributed by atoms with E-state index in [1.54, 1.807) is 23.7 Å². The maximum absolute atomic E-state index is 11.1. The van der Waals surface area contributed by atoms with Crippen LogP contribution in [0.5, 0.6) is 5.75 Å². The Morgan fingerprint density at radius 2 is 2.15 bits per heavy atom. The molecule has 2 aromatic carbocycles. The second-order valence-corrected chi connectivity index (χ2v) is 6.96. The molecule has 0 spiro atoms.